The summed E-state index contributed by atoms with van der Waals surface area (Å²) < 4.78 is 0. The molecule has 0 amide bonds. The summed E-state index contributed by atoms with van der Waals surface area (Å²) in [7, 11) is -1.29. The highest BCUT2D eigenvalue weighted by molar-refractivity contribution is 7.80. The van der Waals surface area contributed by atoms with Gasteiger partial charge in [-0.25, -0.2) is 0 Å². The SMILES string of the molecule is C[Si](C)(C)c1ccc(C(O)C(O)CS)cc1. The number of hydrogen-bond acceptors (Lipinski definition) is 3. The maximum absolute atomic E-state index is 9.80. The first-order chi connectivity index (χ1) is 7.36. The highest BCUT2D eigenvalue weighted by Crippen LogP contribution is 2.17. The van der Waals surface area contributed by atoms with Crippen molar-refractivity contribution in [2.75, 3.05) is 5.75 Å². The Kier molecular flexibility index (Phi) is 4.61. The van der Waals surface area contributed by atoms with E-state index in [0.29, 0.717) is 0 Å². The van der Waals surface area contributed by atoms with Crippen molar-refractivity contribution in [3.63, 3.8) is 0 Å². The minimum atomic E-state index is -1.29. The van der Waals surface area contributed by atoms with E-state index < -0.39 is 20.3 Å². The Bertz CT molecular complexity index is 332. The van der Waals surface area contributed by atoms with Crippen LogP contribution < -0.4 is 5.19 Å². The van der Waals surface area contributed by atoms with Gasteiger partial charge in [0, 0.05) is 5.75 Å². The standard InChI is InChI=1S/C12H20O2SSi/c1-16(2,3)10-6-4-9(5-7-10)12(14)11(13)8-15/h4-7,11-15H,8H2,1-3H3. The van der Waals surface area contributed by atoms with Gasteiger partial charge in [0.15, 0.2) is 0 Å². The number of benzene rings is 1. The Morgan fingerprint density at radius 1 is 1.12 bits per heavy atom. The first-order valence-electron chi connectivity index (χ1n) is 5.43. The lowest BCUT2D eigenvalue weighted by Crippen LogP contribution is -2.37. The molecule has 90 valence electrons. The molecule has 0 radical (unpaired) electrons. The third kappa shape index (κ3) is 3.35. The van der Waals surface area contributed by atoms with Crippen LogP contribution in [0.25, 0.3) is 0 Å². The van der Waals surface area contributed by atoms with Gasteiger partial charge in [-0.15, -0.1) is 0 Å². The normalized spacial score (nSPS) is 15.9. The molecule has 2 N–H and O–H groups in total. The van der Waals surface area contributed by atoms with Gasteiger partial charge in [0.25, 0.3) is 0 Å². The van der Waals surface area contributed by atoms with E-state index in [0.717, 1.165) is 5.56 Å². The van der Waals surface area contributed by atoms with Crippen LogP contribution in [0.3, 0.4) is 0 Å². The summed E-state index contributed by atoms with van der Waals surface area (Å²) in [5, 5.41) is 20.6. The van der Waals surface area contributed by atoms with E-state index in [9.17, 15) is 10.2 Å². The molecule has 0 heterocycles. The molecule has 0 bridgehead atoms. The van der Waals surface area contributed by atoms with Crippen LogP contribution in [0.1, 0.15) is 11.7 Å². The average Bonchev–Trinajstić information content (AvgIpc) is 2.26. The van der Waals surface area contributed by atoms with Gasteiger partial charge < -0.3 is 10.2 Å². The van der Waals surface area contributed by atoms with E-state index in [1.54, 1.807) is 0 Å². The molecule has 2 unspecified atom stereocenters. The Labute approximate surface area is 104 Å². The monoisotopic (exact) mass is 256 g/mol. The minimum absolute atomic E-state index is 0.261. The van der Waals surface area contributed by atoms with E-state index >= 15 is 0 Å². The Hall–Kier alpha value is -0.293. The van der Waals surface area contributed by atoms with Crippen molar-refractivity contribution in [3.8, 4) is 0 Å². The van der Waals surface area contributed by atoms with Crippen LogP contribution in [-0.4, -0.2) is 30.1 Å². The first-order valence-corrected chi connectivity index (χ1v) is 9.57. The van der Waals surface area contributed by atoms with Crippen molar-refractivity contribution in [2.24, 2.45) is 0 Å². The smallest absolute Gasteiger partial charge is 0.106 e. The molecular weight excluding hydrogens is 236 g/mol. The second kappa shape index (κ2) is 5.36. The quantitative estimate of drug-likeness (QED) is 0.565. The van der Waals surface area contributed by atoms with Gasteiger partial charge in [-0.1, -0.05) is 49.1 Å². The fourth-order valence-corrected chi connectivity index (χ4v) is 2.87. The molecule has 0 saturated heterocycles. The molecule has 0 fully saturated rings. The zero-order valence-electron chi connectivity index (χ0n) is 10.0. The Balaban J connectivity index is 2.87. The van der Waals surface area contributed by atoms with Crippen LogP contribution in [-0.2, 0) is 0 Å². The van der Waals surface area contributed by atoms with Crippen LogP contribution in [0.15, 0.2) is 24.3 Å². The van der Waals surface area contributed by atoms with E-state index in [4.69, 9.17) is 0 Å². The van der Waals surface area contributed by atoms with Crippen molar-refractivity contribution in [3.05, 3.63) is 29.8 Å². The maximum atomic E-state index is 9.80. The number of rotatable bonds is 4. The summed E-state index contributed by atoms with van der Waals surface area (Å²) in [6.07, 6.45) is -1.64. The molecule has 2 nitrogen and oxygen atoms in total. The zero-order chi connectivity index (χ0) is 12.3. The summed E-state index contributed by atoms with van der Waals surface area (Å²) in [6, 6.07) is 7.89. The van der Waals surface area contributed by atoms with E-state index in [-0.39, 0.29) is 5.75 Å². The molecule has 1 aromatic carbocycles. The molecule has 0 aliphatic heterocycles. The van der Waals surface area contributed by atoms with Crippen molar-refractivity contribution in [1.29, 1.82) is 0 Å². The first kappa shape index (κ1) is 13.8. The van der Waals surface area contributed by atoms with Crippen molar-refractivity contribution >= 4 is 25.9 Å². The Morgan fingerprint density at radius 3 is 2.00 bits per heavy atom. The van der Waals surface area contributed by atoms with Gasteiger partial charge in [0.05, 0.1) is 14.2 Å². The molecular formula is C12H20O2SSi. The van der Waals surface area contributed by atoms with Gasteiger partial charge in [0.2, 0.25) is 0 Å². The number of hydrogen-bond donors (Lipinski definition) is 3. The van der Waals surface area contributed by atoms with E-state index in [2.05, 4.69) is 44.4 Å². The number of aliphatic hydroxyl groups is 2. The fraction of sp³-hybridized carbons (Fsp3) is 0.500. The second-order valence-electron chi connectivity index (χ2n) is 5.07. The fourth-order valence-electron chi connectivity index (χ4n) is 1.50. The van der Waals surface area contributed by atoms with Crippen molar-refractivity contribution in [1.82, 2.24) is 0 Å². The number of aliphatic hydroxyl groups excluding tert-OH is 2. The summed E-state index contributed by atoms with van der Waals surface area (Å²) in [6.45, 7) is 6.84. The van der Waals surface area contributed by atoms with Gasteiger partial charge >= 0.3 is 0 Å². The van der Waals surface area contributed by atoms with Crippen LogP contribution in [0.2, 0.25) is 19.6 Å². The molecule has 4 heteroatoms. The summed E-state index contributed by atoms with van der Waals surface area (Å²) in [5.74, 6) is 0.261. The molecule has 0 saturated carbocycles. The van der Waals surface area contributed by atoms with E-state index in [1.807, 2.05) is 12.1 Å². The summed E-state index contributed by atoms with van der Waals surface area (Å²) in [4.78, 5) is 0. The van der Waals surface area contributed by atoms with Crippen molar-refractivity contribution < 1.29 is 10.2 Å². The molecule has 2 atom stereocenters. The Morgan fingerprint density at radius 2 is 1.62 bits per heavy atom. The zero-order valence-corrected chi connectivity index (χ0v) is 11.9. The summed E-state index contributed by atoms with van der Waals surface area (Å²) >= 11 is 3.97. The highest BCUT2D eigenvalue weighted by Gasteiger charge is 2.19. The molecule has 0 spiro atoms. The van der Waals surface area contributed by atoms with E-state index in [1.165, 1.54) is 5.19 Å². The molecule has 1 rings (SSSR count). The minimum Gasteiger partial charge on any atom is -0.389 e. The van der Waals surface area contributed by atoms with Gasteiger partial charge in [-0.05, 0) is 5.56 Å². The predicted octanol–water partition coefficient (Wildman–Crippen LogP) is 1.56. The molecule has 16 heavy (non-hydrogen) atoms. The van der Waals surface area contributed by atoms with Gasteiger partial charge in [0.1, 0.15) is 6.10 Å². The summed E-state index contributed by atoms with van der Waals surface area (Å²) in [5.41, 5.74) is 0.753. The maximum Gasteiger partial charge on any atom is 0.106 e. The highest BCUT2D eigenvalue weighted by atomic mass is 32.1. The lowest BCUT2D eigenvalue weighted by molar-refractivity contribution is 0.0338. The van der Waals surface area contributed by atoms with Crippen LogP contribution in [0.5, 0.6) is 0 Å². The lowest BCUT2D eigenvalue weighted by atomic mass is 10.1. The van der Waals surface area contributed by atoms with Crippen molar-refractivity contribution in [2.45, 2.75) is 31.8 Å². The van der Waals surface area contributed by atoms with Gasteiger partial charge in [-0.3, -0.25) is 0 Å². The second-order valence-corrected chi connectivity index (χ2v) is 10.5. The average molecular weight is 256 g/mol. The van der Waals surface area contributed by atoms with Gasteiger partial charge in [-0.2, -0.15) is 12.6 Å². The molecule has 1 aromatic rings. The molecule has 0 aromatic heterocycles. The van der Waals surface area contributed by atoms with Crippen LogP contribution >= 0.6 is 12.6 Å². The lowest BCUT2D eigenvalue weighted by Gasteiger charge is -2.19. The van der Waals surface area contributed by atoms with Crippen LogP contribution in [0.4, 0.5) is 0 Å². The number of thiol groups is 1. The topological polar surface area (TPSA) is 40.5 Å². The molecule has 0 aliphatic carbocycles. The predicted molar refractivity (Wildman–Crippen MR) is 74.2 cm³/mol. The third-order valence-corrected chi connectivity index (χ3v) is 5.11. The largest absolute Gasteiger partial charge is 0.389 e. The van der Waals surface area contributed by atoms with Crippen LogP contribution in [0, 0.1) is 0 Å². The molecule has 0 aliphatic rings. The third-order valence-electron chi connectivity index (χ3n) is 2.67.